The molecule has 1 aromatic heterocycles. The second-order valence-electron chi connectivity index (χ2n) is 6.60. The smallest absolute Gasteiger partial charge is 0.341 e. The highest BCUT2D eigenvalue weighted by Crippen LogP contribution is 2.38. The zero-order chi connectivity index (χ0) is 19.6. The van der Waals surface area contributed by atoms with Gasteiger partial charge in [0.15, 0.2) is 6.61 Å². The van der Waals surface area contributed by atoms with Gasteiger partial charge in [0.05, 0.1) is 5.02 Å². The van der Waals surface area contributed by atoms with Crippen molar-refractivity contribution in [1.82, 2.24) is 4.98 Å². The summed E-state index contributed by atoms with van der Waals surface area (Å²) < 4.78 is 11.2. The van der Waals surface area contributed by atoms with Crippen LogP contribution in [0.5, 0.6) is 17.2 Å². The van der Waals surface area contributed by atoms with E-state index in [0.29, 0.717) is 28.2 Å². The number of aromatic nitrogens is 1. The van der Waals surface area contributed by atoms with E-state index in [-0.39, 0.29) is 0 Å². The molecule has 5 nitrogen and oxygen atoms in total. The number of aromatic amines is 1. The minimum Gasteiger partial charge on any atom is -0.482 e. The lowest BCUT2D eigenvalue weighted by atomic mass is 9.98. The van der Waals surface area contributed by atoms with E-state index in [2.05, 4.69) is 25.0 Å². The van der Waals surface area contributed by atoms with Crippen LogP contribution in [0.1, 0.15) is 37.3 Å². The molecule has 0 aliphatic heterocycles. The molecule has 1 atom stereocenters. The van der Waals surface area contributed by atoms with Crippen LogP contribution in [-0.2, 0) is 4.79 Å². The standard InChI is InChI=1S/C21H22ClNO4/c1-4-12(2)17-10-23-19-6-5-14(8-16(17)19)27-21-13(3)7-15(9-18(21)22)26-11-20(24)25/h5-10,12,23H,4,11H2,1-3H3,(H,24,25). The number of rotatable bonds is 7. The average Bonchev–Trinajstić information content (AvgIpc) is 3.05. The van der Waals surface area contributed by atoms with Crippen molar-refractivity contribution in [1.29, 1.82) is 0 Å². The van der Waals surface area contributed by atoms with Crippen LogP contribution in [0.3, 0.4) is 0 Å². The molecule has 0 bridgehead atoms. The van der Waals surface area contributed by atoms with E-state index in [9.17, 15) is 4.79 Å². The fourth-order valence-corrected chi connectivity index (χ4v) is 3.28. The summed E-state index contributed by atoms with van der Waals surface area (Å²) in [6.45, 7) is 5.79. The molecule has 6 heteroatoms. The van der Waals surface area contributed by atoms with Gasteiger partial charge in [-0.2, -0.15) is 0 Å². The molecule has 0 amide bonds. The van der Waals surface area contributed by atoms with E-state index >= 15 is 0 Å². The third-order valence-electron chi connectivity index (χ3n) is 4.61. The molecule has 0 aliphatic rings. The maximum atomic E-state index is 10.6. The Bertz CT molecular complexity index is 956. The molecule has 1 unspecified atom stereocenters. The lowest BCUT2D eigenvalue weighted by Gasteiger charge is -2.13. The van der Waals surface area contributed by atoms with Crippen molar-refractivity contribution in [2.75, 3.05) is 6.61 Å². The fourth-order valence-electron chi connectivity index (χ4n) is 2.99. The SMILES string of the molecule is CCC(C)c1c[nH]c2ccc(Oc3c(C)cc(OCC(=O)O)cc3Cl)cc12. The lowest BCUT2D eigenvalue weighted by Crippen LogP contribution is -2.09. The molecule has 142 valence electrons. The molecule has 3 rings (SSSR count). The van der Waals surface area contributed by atoms with E-state index in [1.165, 1.54) is 5.56 Å². The van der Waals surface area contributed by atoms with Crippen LogP contribution in [0.15, 0.2) is 36.5 Å². The van der Waals surface area contributed by atoms with Gasteiger partial charge in [-0.15, -0.1) is 0 Å². The number of halogens is 1. The summed E-state index contributed by atoms with van der Waals surface area (Å²) in [5.41, 5.74) is 3.09. The van der Waals surface area contributed by atoms with Crippen molar-refractivity contribution in [2.45, 2.75) is 33.1 Å². The number of aliphatic carboxylic acids is 1. The number of benzene rings is 2. The van der Waals surface area contributed by atoms with Crippen LogP contribution in [0.25, 0.3) is 10.9 Å². The molecule has 3 aromatic rings. The van der Waals surface area contributed by atoms with Gasteiger partial charge < -0.3 is 19.6 Å². The molecule has 1 heterocycles. The fraction of sp³-hybridized carbons (Fsp3) is 0.286. The Balaban J connectivity index is 1.89. The van der Waals surface area contributed by atoms with Crippen LogP contribution in [0.2, 0.25) is 5.02 Å². The summed E-state index contributed by atoms with van der Waals surface area (Å²) in [6.07, 6.45) is 3.11. The van der Waals surface area contributed by atoms with Crippen LogP contribution in [0.4, 0.5) is 0 Å². The zero-order valence-corrected chi connectivity index (χ0v) is 16.3. The number of hydrogen-bond donors (Lipinski definition) is 2. The maximum Gasteiger partial charge on any atom is 0.341 e. The van der Waals surface area contributed by atoms with E-state index in [1.54, 1.807) is 12.1 Å². The Morgan fingerprint density at radius 3 is 2.70 bits per heavy atom. The van der Waals surface area contributed by atoms with Gasteiger partial charge in [-0.25, -0.2) is 4.79 Å². The largest absolute Gasteiger partial charge is 0.482 e. The summed E-state index contributed by atoms with van der Waals surface area (Å²) in [6, 6.07) is 9.17. The number of hydrogen-bond acceptors (Lipinski definition) is 3. The Labute approximate surface area is 162 Å². The van der Waals surface area contributed by atoms with Gasteiger partial charge in [-0.05, 0) is 54.7 Å². The van der Waals surface area contributed by atoms with E-state index in [4.69, 9.17) is 26.2 Å². The molecule has 27 heavy (non-hydrogen) atoms. The first-order valence-electron chi connectivity index (χ1n) is 8.82. The van der Waals surface area contributed by atoms with Crippen molar-refractivity contribution in [3.05, 3.63) is 52.7 Å². The molecule has 0 aliphatic carbocycles. The van der Waals surface area contributed by atoms with Crippen molar-refractivity contribution < 1.29 is 19.4 Å². The highest BCUT2D eigenvalue weighted by molar-refractivity contribution is 6.32. The minimum absolute atomic E-state index is 0.367. The van der Waals surface area contributed by atoms with Crippen molar-refractivity contribution >= 4 is 28.5 Å². The first-order chi connectivity index (χ1) is 12.9. The number of fused-ring (bicyclic) bond motifs is 1. The van der Waals surface area contributed by atoms with Gasteiger partial charge in [0.1, 0.15) is 17.2 Å². The highest BCUT2D eigenvalue weighted by Gasteiger charge is 2.14. The summed E-state index contributed by atoms with van der Waals surface area (Å²) >= 11 is 6.34. The zero-order valence-electron chi connectivity index (χ0n) is 15.5. The Kier molecular flexibility index (Phi) is 5.61. The number of H-pyrrole nitrogens is 1. The first-order valence-corrected chi connectivity index (χ1v) is 9.20. The number of carboxylic acids is 1. The van der Waals surface area contributed by atoms with E-state index < -0.39 is 12.6 Å². The normalized spacial score (nSPS) is 12.1. The monoisotopic (exact) mass is 387 g/mol. The first kappa shape index (κ1) is 19.1. The second-order valence-corrected chi connectivity index (χ2v) is 7.00. The van der Waals surface area contributed by atoms with Gasteiger partial charge in [0.25, 0.3) is 0 Å². The topological polar surface area (TPSA) is 71.5 Å². The predicted molar refractivity (Wildman–Crippen MR) is 106 cm³/mol. The molecule has 2 N–H and O–H groups in total. The molecule has 0 saturated heterocycles. The maximum absolute atomic E-state index is 10.6. The van der Waals surface area contributed by atoms with Crippen LogP contribution in [0, 0.1) is 6.92 Å². The molecule has 0 fully saturated rings. The number of carbonyl (C=O) groups is 1. The number of carboxylic acid groups (broad SMARTS) is 1. The van der Waals surface area contributed by atoms with Crippen LogP contribution < -0.4 is 9.47 Å². The second kappa shape index (κ2) is 7.92. The van der Waals surface area contributed by atoms with Crippen LogP contribution in [-0.4, -0.2) is 22.7 Å². The molecular formula is C21H22ClNO4. The third-order valence-corrected chi connectivity index (χ3v) is 4.89. The highest BCUT2D eigenvalue weighted by atomic mass is 35.5. The van der Waals surface area contributed by atoms with Gasteiger partial charge in [-0.3, -0.25) is 0 Å². The summed E-state index contributed by atoms with van der Waals surface area (Å²) in [7, 11) is 0. The lowest BCUT2D eigenvalue weighted by molar-refractivity contribution is -0.139. The van der Waals surface area contributed by atoms with E-state index in [1.807, 2.05) is 25.1 Å². The molecule has 0 spiro atoms. The Hall–Kier alpha value is -2.66. The summed E-state index contributed by atoms with van der Waals surface area (Å²) in [5.74, 6) is 1.02. The van der Waals surface area contributed by atoms with Gasteiger partial charge in [0.2, 0.25) is 0 Å². The van der Waals surface area contributed by atoms with Crippen molar-refractivity contribution in [3.63, 3.8) is 0 Å². The predicted octanol–water partition coefficient (Wildman–Crippen LogP) is 5.90. The van der Waals surface area contributed by atoms with Gasteiger partial charge in [-0.1, -0.05) is 25.4 Å². The van der Waals surface area contributed by atoms with Gasteiger partial charge in [0, 0.05) is 23.2 Å². The Morgan fingerprint density at radius 2 is 2.04 bits per heavy atom. The number of nitrogens with one attached hydrogen (secondary N) is 1. The molecular weight excluding hydrogens is 366 g/mol. The quantitative estimate of drug-likeness (QED) is 0.529. The molecule has 0 saturated carbocycles. The molecule has 0 radical (unpaired) electrons. The average molecular weight is 388 g/mol. The minimum atomic E-state index is -1.04. The van der Waals surface area contributed by atoms with Crippen molar-refractivity contribution in [3.8, 4) is 17.2 Å². The number of ether oxygens (including phenoxy) is 2. The van der Waals surface area contributed by atoms with Crippen LogP contribution >= 0.6 is 11.6 Å². The summed E-state index contributed by atoms with van der Waals surface area (Å²) in [5, 5.41) is 10.2. The molecule has 2 aromatic carbocycles. The Morgan fingerprint density at radius 1 is 1.26 bits per heavy atom. The summed E-state index contributed by atoms with van der Waals surface area (Å²) in [4.78, 5) is 13.9. The van der Waals surface area contributed by atoms with Gasteiger partial charge >= 0.3 is 5.97 Å². The van der Waals surface area contributed by atoms with Crippen molar-refractivity contribution in [2.24, 2.45) is 0 Å². The van der Waals surface area contributed by atoms with E-state index in [0.717, 1.165) is 22.9 Å². The number of aryl methyl sites for hydroxylation is 1. The third kappa shape index (κ3) is 4.19.